The van der Waals surface area contributed by atoms with Gasteiger partial charge in [0.1, 0.15) is 0 Å². The summed E-state index contributed by atoms with van der Waals surface area (Å²) in [7, 11) is 0. The van der Waals surface area contributed by atoms with Crippen LogP contribution in [0, 0.1) is 0 Å². The highest BCUT2D eigenvalue weighted by Gasteiger charge is 2.13. The third-order valence-corrected chi connectivity index (χ3v) is 0.788. The van der Waals surface area contributed by atoms with E-state index in [1.807, 2.05) is 20.8 Å². The van der Waals surface area contributed by atoms with E-state index in [0.29, 0.717) is 0 Å². The van der Waals surface area contributed by atoms with Crippen molar-refractivity contribution in [3.8, 4) is 0 Å². The second-order valence-electron chi connectivity index (χ2n) is 3.25. The molecule has 0 saturated heterocycles. The first-order valence-electron chi connectivity index (χ1n) is 3.55. The molecule has 0 saturated carbocycles. The van der Waals surface area contributed by atoms with Crippen molar-refractivity contribution in [1.29, 1.82) is 0 Å². The van der Waals surface area contributed by atoms with Crippen molar-refractivity contribution >= 4 is 6.09 Å². The summed E-state index contributed by atoms with van der Waals surface area (Å²) < 4.78 is 4.64. The smallest absolute Gasteiger partial charge is 0.412 e. The van der Waals surface area contributed by atoms with Crippen LogP contribution in [-0.2, 0) is 4.74 Å². The Labute approximate surface area is 67.4 Å². The minimum atomic E-state index is -0.421. The maximum atomic E-state index is 10.8. The SMILES string of the molecule is CC=COC(=O)NC(C)(C)C. The van der Waals surface area contributed by atoms with E-state index in [9.17, 15) is 4.79 Å². The van der Waals surface area contributed by atoms with Crippen LogP contribution in [0.4, 0.5) is 4.79 Å². The zero-order chi connectivity index (χ0) is 8.91. The van der Waals surface area contributed by atoms with Gasteiger partial charge in [-0.15, -0.1) is 0 Å². The average molecular weight is 157 g/mol. The summed E-state index contributed by atoms with van der Waals surface area (Å²) >= 11 is 0. The predicted octanol–water partition coefficient (Wildman–Crippen LogP) is 2.04. The molecule has 0 aromatic heterocycles. The number of amides is 1. The average Bonchev–Trinajstić information content (AvgIpc) is 1.79. The second-order valence-corrected chi connectivity index (χ2v) is 3.25. The van der Waals surface area contributed by atoms with Gasteiger partial charge in [0.05, 0.1) is 6.26 Å². The van der Waals surface area contributed by atoms with Crippen LogP contribution in [0.2, 0.25) is 0 Å². The summed E-state index contributed by atoms with van der Waals surface area (Å²) in [5.74, 6) is 0. The highest BCUT2D eigenvalue weighted by atomic mass is 16.5. The first-order valence-corrected chi connectivity index (χ1v) is 3.55. The van der Waals surface area contributed by atoms with Crippen LogP contribution in [0.3, 0.4) is 0 Å². The number of carbonyl (C=O) groups excluding carboxylic acids is 1. The molecule has 0 aliphatic carbocycles. The Hall–Kier alpha value is -0.990. The van der Waals surface area contributed by atoms with Crippen molar-refractivity contribution in [2.75, 3.05) is 0 Å². The molecule has 0 unspecified atom stereocenters. The van der Waals surface area contributed by atoms with E-state index in [0.717, 1.165) is 0 Å². The number of allylic oxidation sites excluding steroid dienone is 1. The van der Waals surface area contributed by atoms with Crippen LogP contribution in [0.15, 0.2) is 12.3 Å². The Morgan fingerprint density at radius 2 is 2.00 bits per heavy atom. The van der Waals surface area contributed by atoms with E-state index >= 15 is 0 Å². The molecule has 1 amide bonds. The molecule has 64 valence electrons. The fourth-order valence-electron chi connectivity index (χ4n) is 0.465. The molecular formula is C8H15NO2. The fraction of sp³-hybridized carbons (Fsp3) is 0.625. The molecule has 0 radical (unpaired) electrons. The van der Waals surface area contributed by atoms with Crippen molar-refractivity contribution < 1.29 is 9.53 Å². The number of hydrogen-bond acceptors (Lipinski definition) is 2. The summed E-state index contributed by atoms with van der Waals surface area (Å²) in [5, 5.41) is 2.64. The molecule has 0 aliphatic rings. The van der Waals surface area contributed by atoms with Crippen LogP contribution < -0.4 is 5.32 Å². The van der Waals surface area contributed by atoms with Gasteiger partial charge in [-0.25, -0.2) is 4.79 Å². The van der Waals surface area contributed by atoms with Gasteiger partial charge in [0, 0.05) is 5.54 Å². The standard InChI is InChI=1S/C8H15NO2/c1-5-6-11-7(10)9-8(2,3)4/h5-6H,1-4H3,(H,9,10). The fourth-order valence-corrected chi connectivity index (χ4v) is 0.465. The molecule has 0 rings (SSSR count). The number of hydrogen-bond donors (Lipinski definition) is 1. The monoisotopic (exact) mass is 157 g/mol. The van der Waals surface area contributed by atoms with Gasteiger partial charge in [0.15, 0.2) is 0 Å². The molecule has 0 fully saturated rings. The summed E-state index contributed by atoms with van der Waals surface area (Å²) in [6.07, 6.45) is 2.58. The van der Waals surface area contributed by atoms with Crippen molar-refractivity contribution in [3.63, 3.8) is 0 Å². The molecule has 0 bridgehead atoms. The normalized spacial score (nSPS) is 11.6. The van der Waals surface area contributed by atoms with E-state index in [1.54, 1.807) is 13.0 Å². The molecule has 0 spiro atoms. The number of rotatable bonds is 1. The van der Waals surface area contributed by atoms with Gasteiger partial charge in [-0.3, -0.25) is 0 Å². The maximum absolute atomic E-state index is 10.8. The Morgan fingerprint density at radius 1 is 1.45 bits per heavy atom. The van der Waals surface area contributed by atoms with Crippen LogP contribution in [0.25, 0.3) is 0 Å². The molecule has 0 aromatic carbocycles. The molecule has 3 heteroatoms. The highest BCUT2D eigenvalue weighted by Crippen LogP contribution is 1.98. The Morgan fingerprint density at radius 3 is 2.36 bits per heavy atom. The number of carbonyl (C=O) groups is 1. The van der Waals surface area contributed by atoms with Crippen molar-refractivity contribution in [2.45, 2.75) is 33.2 Å². The molecule has 11 heavy (non-hydrogen) atoms. The van der Waals surface area contributed by atoms with E-state index in [2.05, 4.69) is 10.1 Å². The van der Waals surface area contributed by atoms with Gasteiger partial charge in [-0.2, -0.15) is 0 Å². The lowest BCUT2D eigenvalue weighted by atomic mass is 10.1. The maximum Gasteiger partial charge on any atom is 0.412 e. The molecule has 1 N–H and O–H groups in total. The minimum Gasteiger partial charge on any atom is -0.419 e. The number of ether oxygens (including phenoxy) is 1. The van der Waals surface area contributed by atoms with E-state index in [4.69, 9.17) is 0 Å². The Bertz CT molecular complexity index is 156. The minimum absolute atomic E-state index is 0.237. The van der Waals surface area contributed by atoms with Gasteiger partial charge in [0.2, 0.25) is 0 Å². The molecule has 3 nitrogen and oxygen atoms in total. The first-order chi connectivity index (χ1) is 4.95. The van der Waals surface area contributed by atoms with Crippen molar-refractivity contribution in [1.82, 2.24) is 5.32 Å². The molecule has 0 atom stereocenters. The second kappa shape index (κ2) is 4.01. The van der Waals surface area contributed by atoms with Gasteiger partial charge in [-0.05, 0) is 27.7 Å². The predicted molar refractivity (Wildman–Crippen MR) is 44.2 cm³/mol. The third kappa shape index (κ3) is 6.90. The molecule has 0 aliphatic heterocycles. The first kappa shape index (κ1) is 10.0. The molecule has 0 heterocycles. The molecule has 0 aromatic rings. The number of alkyl carbamates (subject to hydrolysis) is 1. The van der Waals surface area contributed by atoms with E-state index in [1.165, 1.54) is 6.26 Å². The van der Waals surface area contributed by atoms with Gasteiger partial charge >= 0.3 is 6.09 Å². The van der Waals surface area contributed by atoms with Gasteiger partial charge < -0.3 is 10.1 Å². The van der Waals surface area contributed by atoms with Crippen LogP contribution in [0.5, 0.6) is 0 Å². The Balaban J connectivity index is 3.70. The largest absolute Gasteiger partial charge is 0.419 e. The lowest BCUT2D eigenvalue weighted by Crippen LogP contribution is -2.40. The third-order valence-electron chi connectivity index (χ3n) is 0.788. The van der Waals surface area contributed by atoms with Crippen LogP contribution >= 0.6 is 0 Å². The summed E-state index contributed by atoms with van der Waals surface area (Å²) in [4.78, 5) is 10.8. The Kier molecular flexibility index (Phi) is 3.65. The van der Waals surface area contributed by atoms with Gasteiger partial charge in [0.25, 0.3) is 0 Å². The molecular weight excluding hydrogens is 142 g/mol. The zero-order valence-corrected chi connectivity index (χ0v) is 7.47. The number of nitrogens with one attached hydrogen (secondary N) is 1. The summed E-state index contributed by atoms with van der Waals surface area (Å²) in [6.45, 7) is 7.46. The highest BCUT2D eigenvalue weighted by molar-refractivity contribution is 5.68. The van der Waals surface area contributed by atoms with E-state index < -0.39 is 6.09 Å². The lowest BCUT2D eigenvalue weighted by molar-refractivity contribution is 0.175. The zero-order valence-electron chi connectivity index (χ0n) is 7.47. The van der Waals surface area contributed by atoms with Crippen molar-refractivity contribution in [2.24, 2.45) is 0 Å². The van der Waals surface area contributed by atoms with Crippen LogP contribution in [0.1, 0.15) is 27.7 Å². The summed E-state index contributed by atoms with van der Waals surface area (Å²) in [6, 6.07) is 0. The summed E-state index contributed by atoms with van der Waals surface area (Å²) in [5.41, 5.74) is -0.237. The topological polar surface area (TPSA) is 38.3 Å². The van der Waals surface area contributed by atoms with Crippen LogP contribution in [-0.4, -0.2) is 11.6 Å². The quantitative estimate of drug-likeness (QED) is 0.591. The van der Waals surface area contributed by atoms with Gasteiger partial charge in [-0.1, -0.05) is 6.08 Å². The lowest BCUT2D eigenvalue weighted by Gasteiger charge is -2.18. The van der Waals surface area contributed by atoms with E-state index in [-0.39, 0.29) is 5.54 Å². The van der Waals surface area contributed by atoms with Crippen molar-refractivity contribution in [3.05, 3.63) is 12.3 Å².